The Morgan fingerprint density at radius 3 is 2.76 bits per heavy atom. The van der Waals surface area contributed by atoms with Crippen molar-refractivity contribution < 1.29 is 9.18 Å². The molecule has 0 bridgehead atoms. The maximum atomic E-state index is 16.0. The van der Waals surface area contributed by atoms with E-state index in [1.807, 2.05) is 6.07 Å². The number of hydrogen-bond donors (Lipinski definition) is 3. The van der Waals surface area contributed by atoms with Crippen LogP contribution in [0.2, 0.25) is 0 Å². The summed E-state index contributed by atoms with van der Waals surface area (Å²) in [5.41, 5.74) is 3.32. The van der Waals surface area contributed by atoms with Crippen molar-refractivity contribution >= 4 is 39.3 Å². The summed E-state index contributed by atoms with van der Waals surface area (Å²) in [6, 6.07) is 3.50. The number of pyridine rings is 3. The van der Waals surface area contributed by atoms with E-state index in [1.165, 1.54) is 18.6 Å². The predicted molar refractivity (Wildman–Crippen MR) is 139 cm³/mol. The normalized spacial score (nSPS) is 14.5. The second-order valence-corrected chi connectivity index (χ2v) is 9.05. The molecule has 3 N–H and O–H groups in total. The molecule has 1 aliphatic heterocycles. The third kappa shape index (κ3) is 4.14. The molecule has 0 aliphatic carbocycles. The summed E-state index contributed by atoms with van der Waals surface area (Å²) in [6.45, 7) is 5.35. The number of imidazole rings is 1. The molecule has 0 unspecified atom stereocenters. The van der Waals surface area contributed by atoms with Crippen LogP contribution in [-0.4, -0.2) is 79.2 Å². The number of nitrogens with one attached hydrogen (secondary N) is 3. The number of fused-ring (bicyclic) bond motifs is 2. The molecule has 0 saturated carbocycles. The van der Waals surface area contributed by atoms with Gasteiger partial charge in [0.15, 0.2) is 17.5 Å². The lowest BCUT2D eigenvalue weighted by atomic mass is 10.1. The number of carbonyl (C=O) groups is 1. The van der Waals surface area contributed by atoms with E-state index in [4.69, 9.17) is 4.98 Å². The molecule has 37 heavy (non-hydrogen) atoms. The molecule has 12 heteroatoms. The monoisotopic (exact) mass is 500 g/mol. The number of H-pyrrole nitrogens is 2. The van der Waals surface area contributed by atoms with Gasteiger partial charge < -0.3 is 20.1 Å². The standard InChI is InChI=1S/C25H25FN10O/c1-3-18(37)30-15-10-14(11-27-12-15)21-20(26)19-17(13-29-21)33-34-23(19)24-31-16-4-5-28-25(22(16)32-24)36-8-6-35(2)7-9-36/h4-5,10-13H,3,6-9H2,1-2H3,(H,30,37)(H,31,32)(H,33,34). The van der Waals surface area contributed by atoms with Gasteiger partial charge in [0.1, 0.15) is 16.9 Å². The number of aromatic nitrogens is 7. The van der Waals surface area contributed by atoms with Gasteiger partial charge in [0.25, 0.3) is 0 Å². The van der Waals surface area contributed by atoms with Crippen LogP contribution in [0.1, 0.15) is 13.3 Å². The van der Waals surface area contributed by atoms with Gasteiger partial charge in [-0.15, -0.1) is 0 Å². The largest absolute Gasteiger partial charge is 0.352 e. The first-order chi connectivity index (χ1) is 18.0. The molecule has 1 amide bonds. The highest BCUT2D eigenvalue weighted by Gasteiger charge is 2.23. The van der Waals surface area contributed by atoms with Gasteiger partial charge in [-0.3, -0.25) is 19.9 Å². The van der Waals surface area contributed by atoms with E-state index in [0.29, 0.717) is 34.7 Å². The third-order valence-corrected chi connectivity index (χ3v) is 6.57. The lowest BCUT2D eigenvalue weighted by Crippen LogP contribution is -2.44. The third-order valence-electron chi connectivity index (χ3n) is 6.57. The molecule has 188 valence electrons. The Kier molecular flexibility index (Phi) is 5.72. The van der Waals surface area contributed by atoms with Crippen LogP contribution in [0.5, 0.6) is 0 Å². The molecule has 6 rings (SSSR count). The summed E-state index contributed by atoms with van der Waals surface area (Å²) in [7, 11) is 2.10. The second-order valence-electron chi connectivity index (χ2n) is 9.05. The Hall–Kier alpha value is -4.45. The molecule has 0 atom stereocenters. The lowest BCUT2D eigenvalue weighted by Gasteiger charge is -2.33. The van der Waals surface area contributed by atoms with Crippen LogP contribution < -0.4 is 10.2 Å². The van der Waals surface area contributed by atoms with Crippen LogP contribution in [0.4, 0.5) is 15.9 Å². The number of halogens is 1. The summed E-state index contributed by atoms with van der Waals surface area (Å²) in [4.78, 5) is 37.4. The number of hydrogen-bond acceptors (Lipinski definition) is 8. The zero-order chi connectivity index (χ0) is 25.5. The topological polar surface area (TPSA) is 132 Å². The quantitative estimate of drug-likeness (QED) is 0.335. The van der Waals surface area contributed by atoms with E-state index < -0.39 is 5.82 Å². The number of likely N-dealkylation sites (N-methyl/N-ethyl adjacent to an activating group) is 1. The maximum Gasteiger partial charge on any atom is 0.224 e. The second kappa shape index (κ2) is 9.21. The van der Waals surface area contributed by atoms with Crippen LogP contribution >= 0.6 is 0 Å². The van der Waals surface area contributed by atoms with Crippen molar-refractivity contribution in [3.63, 3.8) is 0 Å². The minimum Gasteiger partial charge on any atom is -0.352 e. The van der Waals surface area contributed by atoms with Crippen molar-refractivity contribution in [2.75, 3.05) is 43.4 Å². The maximum absolute atomic E-state index is 16.0. The van der Waals surface area contributed by atoms with Crippen LogP contribution in [0.3, 0.4) is 0 Å². The highest BCUT2D eigenvalue weighted by molar-refractivity contribution is 5.97. The van der Waals surface area contributed by atoms with Gasteiger partial charge in [0, 0.05) is 50.6 Å². The SMILES string of the molecule is CCC(=O)Nc1cncc(-c2ncc3[nH]nc(-c4nc5c(N6CCN(C)CC6)nccc5[nH]4)c3c2F)c1. The van der Waals surface area contributed by atoms with Crippen molar-refractivity contribution in [1.82, 2.24) is 40.0 Å². The van der Waals surface area contributed by atoms with Gasteiger partial charge in [-0.25, -0.2) is 14.4 Å². The highest BCUT2D eigenvalue weighted by atomic mass is 19.1. The number of carbonyl (C=O) groups excluding carboxylic acids is 1. The Morgan fingerprint density at radius 2 is 1.95 bits per heavy atom. The smallest absolute Gasteiger partial charge is 0.224 e. The highest BCUT2D eigenvalue weighted by Crippen LogP contribution is 2.34. The summed E-state index contributed by atoms with van der Waals surface area (Å²) >= 11 is 0. The van der Waals surface area contributed by atoms with E-state index in [-0.39, 0.29) is 17.0 Å². The van der Waals surface area contributed by atoms with E-state index in [9.17, 15) is 4.79 Å². The van der Waals surface area contributed by atoms with Crippen molar-refractivity contribution in [3.05, 3.63) is 42.7 Å². The van der Waals surface area contributed by atoms with Crippen LogP contribution in [-0.2, 0) is 4.79 Å². The number of anilines is 2. The Labute approximate surface area is 211 Å². The molecule has 0 aromatic carbocycles. The average Bonchev–Trinajstić information content (AvgIpc) is 3.54. The van der Waals surface area contributed by atoms with E-state index in [2.05, 4.69) is 52.3 Å². The summed E-state index contributed by atoms with van der Waals surface area (Å²) in [5.74, 6) is 0.519. The van der Waals surface area contributed by atoms with Crippen molar-refractivity contribution in [1.29, 1.82) is 0 Å². The molecule has 0 spiro atoms. The van der Waals surface area contributed by atoms with Gasteiger partial charge >= 0.3 is 0 Å². The molecule has 5 aromatic rings. The fourth-order valence-corrected chi connectivity index (χ4v) is 4.52. The molecule has 1 aliphatic rings. The van der Waals surface area contributed by atoms with E-state index in [1.54, 1.807) is 19.2 Å². The zero-order valence-corrected chi connectivity index (χ0v) is 20.4. The molecule has 11 nitrogen and oxygen atoms in total. The number of nitrogens with zero attached hydrogens (tertiary/aromatic N) is 7. The molecule has 5 aromatic heterocycles. The minimum atomic E-state index is -0.556. The number of aromatic amines is 2. The van der Waals surface area contributed by atoms with Gasteiger partial charge in [-0.05, 0) is 19.2 Å². The molecule has 6 heterocycles. The zero-order valence-electron chi connectivity index (χ0n) is 20.4. The Morgan fingerprint density at radius 1 is 1.11 bits per heavy atom. The van der Waals surface area contributed by atoms with Crippen molar-refractivity contribution in [2.24, 2.45) is 0 Å². The van der Waals surface area contributed by atoms with E-state index >= 15 is 4.39 Å². The predicted octanol–water partition coefficient (Wildman–Crippen LogP) is 3.20. The Balaban J connectivity index is 1.42. The first kappa shape index (κ1) is 23.0. The summed E-state index contributed by atoms with van der Waals surface area (Å²) < 4.78 is 16.0. The molecular weight excluding hydrogens is 475 g/mol. The van der Waals surface area contributed by atoms with E-state index in [0.717, 1.165) is 43.0 Å². The first-order valence-electron chi connectivity index (χ1n) is 12.1. The molecule has 1 fully saturated rings. The van der Waals surface area contributed by atoms with Crippen LogP contribution in [0.25, 0.3) is 44.7 Å². The van der Waals surface area contributed by atoms with Gasteiger partial charge in [0.2, 0.25) is 5.91 Å². The summed E-state index contributed by atoms with van der Waals surface area (Å²) in [5, 5.41) is 10.2. The number of piperazine rings is 1. The van der Waals surface area contributed by atoms with Crippen molar-refractivity contribution in [2.45, 2.75) is 13.3 Å². The fourth-order valence-electron chi connectivity index (χ4n) is 4.52. The average molecular weight is 501 g/mol. The minimum absolute atomic E-state index is 0.103. The van der Waals surface area contributed by atoms with Crippen LogP contribution in [0.15, 0.2) is 36.9 Å². The van der Waals surface area contributed by atoms with Gasteiger partial charge in [-0.1, -0.05) is 6.92 Å². The number of amides is 1. The summed E-state index contributed by atoms with van der Waals surface area (Å²) in [6.07, 6.45) is 6.62. The Bertz CT molecular complexity index is 1620. The van der Waals surface area contributed by atoms with Gasteiger partial charge in [0.05, 0.1) is 34.5 Å². The lowest BCUT2D eigenvalue weighted by molar-refractivity contribution is -0.115. The molecular formula is C25H25FN10O. The molecule has 0 radical (unpaired) electrons. The molecule has 1 saturated heterocycles. The van der Waals surface area contributed by atoms with Crippen molar-refractivity contribution in [3.8, 4) is 22.8 Å². The fraction of sp³-hybridized carbons (Fsp3) is 0.280. The van der Waals surface area contributed by atoms with Gasteiger partial charge in [-0.2, -0.15) is 5.10 Å². The first-order valence-corrected chi connectivity index (χ1v) is 12.1. The number of rotatable bonds is 5. The van der Waals surface area contributed by atoms with Crippen LogP contribution in [0, 0.1) is 5.82 Å².